The van der Waals surface area contributed by atoms with Gasteiger partial charge in [0, 0.05) is 5.88 Å². The van der Waals surface area contributed by atoms with E-state index in [2.05, 4.69) is 45.9 Å². The zero-order valence-corrected chi connectivity index (χ0v) is 12.6. The second-order valence-electron chi connectivity index (χ2n) is 4.94. The highest BCUT2D eigenvalue weighted by atomic mass is 35.5. The monoisotopic (exact) mass is 254 g/mol. The van der Waals surface area contributed by atoms with Gasteiger partial charge in [-0.3, -0.25) is 0 Å². The molecule has 0 aliphatic rings. The molecule has 0 spiro atoms. The first-order valence-electron chi connectivity index (χ1n) is 6.57. The van der Waals surface area contributed by atoms with Gasteiger partial charge in [-0.2, -0.15) is 0 Å². The standard InChI is InChI=1S/C16H27Cl/c1-14(2)8-5-9-15(3)10-6-11-16(4)12-7-13-17/h8,10,12H,5-7,9,11,13H2,1-4H3/b15-10?,16-12+. The molecule has 0 aliphatic carbocycles. The molecule has 0 aromatic heterocycles. The second kappa shape index (κ2) is 10.7. The van der Waals surface area contributed by atoms with Crippen LogP contribution in [0.25, 0.3) is 0 Å². The van der Waals surface area contributed by atoms with Gasteiger partial charge in [-0.1, -0.05) is 34.9 Å². The zero-order chi connectivity index (χ0) is 13.1. The number of hydrogen-bond acceptors (Lipinski definition) is 0. The van der Waals surface area contributed by atoms with Crippen molar-refractivity contribution in [2.75, 3.05) is 5.88 Å². The summed E-state index contributed by atoms with van der Waals surface area (Å²) in [5.74, 6) is 0.731. The molecule has 0 saturated carbocycles. The van der Waals surface area contributed by atoms with E-state index < -0.39 is 0 Å². The van der Waals surface area contributed by atoms with Crippen LogP contribution < -0.4 is 0 Å². The van der Waals surface area contributed by atoms with Crippen LogP contribution in [0.1, 0.15) is 59.8 Å². The van der Waals surface area contributed by atoms with E-state index in [1.54, 1.807) is 0 Å². The lowest BCUT2D eigenvalue weighted by Gasteiger charge is -2.01. The van der Waals surface area contributed by atoms with Crippen molar-refractivity contribution in [3.05, 3.63) is 34.9 Å². The Morgan fingerprint density at radius 3 is 1.71 bits per heavy atom. The lowest BCUT2D eigenvalue weighted by atomic mass is 10.1. The Morgan fingerprint density at radius 2 is 1.24 bits per heavy atom. The van der Waals surface area contributed by atoms with Crippen LogP contribution >= 0.6 is 11.6 Å². The molecule has 0 aromatic carbocycles. The van der Waals surface area contributed by atoms with Gasteiger partial charge < -0.3 is 0 Å². The molecule has 1 heteroatoms. The number of rotatable bonds is 8. The van der Waals surface area contributed by atoms with Crippen molar-refractivity contribution >= 4 is 11.6 Å². The minimum Gasteiger partial charge on any atom is -0.126 e. The molecule has 0 aliphatic heterocycles. The third-order valence-electron chi connectivity index (χ3n) is 2.72. The molecule has 0 radical (unpaired) electrons. The SMILES string of the molecule is CC(C)=CCCC(C)=CCC/C(C)=C/CCCl. The van der Waals surface area contributed by atoms with Gasteiger partial charge >= 0.3 is 0 Å². The van der Waals surface area contributed by atoms with Gasteiger partial charge in [0.25, 0.3) is 0 Å². The molecule has 0 aromatic rings. The lowest BCUT2D eigenvalue weighted by Crippen LogP contribution is -1.81. The van der Waals surface area contributed by atoms with Crippen molar-refractivity contribution in [2.45, 2.75) is 59.8 Å². The number of halogens is 1. The molecule has 98 valence electrons. The van der Waals surface area contributed by atoms with Crippen molar-refractivity contribution in [3.8, 4) is 0 Å². The average Bonchev–Trinajstić information content (AvgIpc) is 2.25. The van der Waals surface area contributed by atoms with E-state index in [4.69, 9.17) is 11.6 Å². The summed E-state index contributed by atoms with van der Waals surface area (Å²) in [6.07, 6.45) is 12.6. The van der Waals surface area contributed by atoms with Gasteiger partial charge in [-0.25, -0.2) is 0 Å². The summed E-state index contributed by atoms with van der Waals surface area (Å²) in [4.78, 5) is 0. The maximum Gasteiger partial charge on any atom is 0.0258 e. The molecule has 0 rings (SSSR count). The number of allylic oxidation sites excluding steroid dienone is 6. The van der Waals surface area contributed by atoms with E-state index in [1.165, 1.54) is 29.6 Å². The van der Waals surface area contributed by atoms with E-state index in [1.807, 2.05) is 0 Å². The Morgan fingerprint density at radius 1 is 0.765 bits per heavy atom. The highest BCUT2D eigenvalue weighted by molar-refractivity contribution is 6.17. The van der Waals surface area contributed by atoms with Gasteiger partial charge in [0.05, 0.1) is 0 Å². The maximum absolute atomic E-state index is 5.65. The highest BCUT2D eigenvalue weighted by Gasteiger charge is 1.91. The molecule has 0 fully saturated rings. The minimum atomic E-state index is 0.731. The Balaban J connectivity index is 3.80. The van der Waals surface area contributed by atoms with Crippen LogP contribution in [0.4, 0.5) is 0 Å². The molecule has 0 heterocycles. The minimum absolute atomic E-state index is 0.731. The third kappa shape index (κ3) is 11.8. The van der Waals surface area contributed by atoms with Crippen LogP contribution in [0.2, 0.25) is 0 Å². The summed E-state index contributed by atoms with van der Waals surface area (Å²) in [5, 5.41) is 0. The van der Waals surface area contributed by atoms with Crippen LogP contribution in [0.5, 0.6) is 0 Å². The molecule has 0 bridgehead atoms. The first-order valence-corrected chi connectivity index (χ1v) is 7.10. The van der Waals surface area contributed by atoms with E-state index in [0.29, 0.717) is 0 Å². The van der Waals surface area contributed by atoms with Crippen molar-refractivity contribution in [1.29, 1.82) is 0 Å². The Labute approximate surface area is 112 Å². The van der Waals surface area contributed by atoms with Crippen LogP contribution in [0.3, 0.4) is 0 Å². The summed E-state index contributed by atoms with van der Waals surface area (Å²) in [6.45, 7) is 8.74. The smallest absolute Gasteiger partial charge is 0.0258 e. The normalized spacial score (nSPS) is 12.8. The Hall–Kier alpha value is -0.490. The number of alkyl halides is 1. The second-order valence-corrected chi connectivity index (χ2v) is 5.32. The fraction of sp³-hybridized carbons (Fsp3) is 0.625. The van der Waals surface area contributed by atoms with E-state index in [9.17, 15) is 0 Å². The molecule has 0 unspecified atom stereocenters. The van der Waals surface area contributed by atoms with Crippen LogP contribution in [-0.2, 0) is 0 Å². The summed E-state index contributed by atoms with van der Waals surface area (Å²) >= 11 is 5.65. The van der Waals surface area contributed by atoms with Gasteiger partial charge in [0.15, 0.2) is 0 Å². The lowest BCUT2D eigenvalue weighted by molar-refractivity contribution is 0.913. The van der Waals surface area contributed by atoms with Gasteiger partial charge in [0.1, 0.15) is 0 Å². The fourth-order valence-corrected chi connectivity index (χ4v) is 1.75. The molecular formula is C16H27Cl. The van der Waals surface area contributed by atoms with Crippen LogP contribution in [0.15, 0.2) is 34.9 Å². The Bertz CT molecular complexity index is 278. The van der Waals surface area contributed by atoms with Crippen LogP contribution in [-0.4, -0.2) is 5.88 Å². The summed E-state index contributed by atoms with van der Waals surface area (Å²) in [7, 11) is 0. The number of hydrogen-bond donors (Lipinski definition) is 0. The predicted molar refractivity (Wildman–Crippen MR) is 80.8 cm³/mol. The van der Waals surface area contributed by atoms with Gasteiger partial charge in [-0.15, -0.1) is 11.6 Å². The summed E-state index contributed by atoms with van der Waals surface area (Å²) < 4.78 is 0. The third-order valence-corrected chi connectivity index (χ3v) is 2.94. The topological polar surface area (TPSA) is 0 Å². The van der Waals surface area contributed by atoms with E-state index in [0.717, 1.165) is 25.1 Å². The average molecular weight is 255 g/mol. The molecular weight excluding hydrogens is 228 g/mol. The highest BCUT2D eigenvalue weighted by Crippen LogP contribution is 2.11. The van der Waals surface area contributed by atoms with Crippen molar-refractivity contribution in [1.82, 2.24) is 0 Å². The molecule has 0 atom stereocenters. The largest absolute Gasteiger partial charge is 0.126 e. The molecule has 0 amide bonds. The predicted octanol–water partition coefficient (Wildman–Crippen LogP) is 6.03. The maximum atomic E-state index is 5.65. The van der Waals surface area contributed by atoms with E-state index >= 15 is 0 Å². The van der Waals surface area contributed by atoms with Crippen molar-refractivity contribution < 1.29 is 0 Å². The molecule has 0 saturated heterocycles. The first kappa shape index (κ1) is 16.5. The van der Waals surface area contributed by atoms with Gasteiger partial charge in [0.2, 0.25) is 0 Å². The fourth-order valence-electron chi connectivity index (χ4n) is 1.64. The molecule has 0 N–H and O–H groups in total. The molecule has 17 heavy (non-hydrogen) atoms. The van der Waals surface area contributed by atoms with Crippen LogP contribution in [0, 0.1) is 0 Å². The first-order chi connectivity index (χ1) is 8.06. The molecule has 0 nitrogen and oxygen atoms in total. The van der Waals surface area contributed by atoms with Gasteiger partial charge in [-0.05, 0) is 59.8 Å². The zero-order valence-electron chi connectivity index (χ0n) is 11.9. The van der Waals surface area contributed by atoms with Crippen molar-refractivity contribution in [2.24, 2.45) is 0 Å². The van der Waals surface area contributed by atoms with E-state index in [-0.39, 0.29) is 0 Å². The van der Waals surface area contributed by atoms with Crippen molar-refractivity contribution in [3.63, 3.8) is 0 Å². The summed E-state index contributed by atoms with van der Waals surface area (Å²) in [6, 6.07) is 0. The Kier molecular flexibility index (Phi) is 10.3. The summed E-state index contributed by atoms with van der Waals surface area (Å²) in [5.41, 5.74) is 4.38. The quantitative estimate of drug-likeness (QED) is 0.366.